The maximum atomic E-state index is 13.3. The molecule has 3 rings (SSSR count). The standard InChI is InChI=1S/C16H16F2N4/c1-2-10-3-5-11(6-4-10)13-7-14(15(17)18)22-16(21-13)12(8-19)9-20-22/h3-6,9,13-15,21H,2,7H2,1H3. The topological polar surface area (TPSA) is 53.6 Å². The summed E-state index contributed by atoms with van der Waals surface area (Å²) in [6.07, 6.45) is -0.0171. The quantitative estimate of drug-likeness (QED) is 0.941. The minimum absolute atomic E-state index is 0.239. The number of benzene rings is 1. The van der Waals surface area contributed by atoms with Gasteiger partial charge in [-0.15, -0.1) is 0 Å². The van der Waals surface area contributed by atoms with Gasteiger partial charge in [0.15, 0.2) is 0 Å². The van der Waals surface area contributed by atoms with Crippen molar-refractivity contribution in [3.8, 4) is 6.07 Å². The van der Waals surface area contributed by atoms with Gasteiger partial charge in [0, 0.05) is 0 Å². The monoisotopic (exact) mass is 302 g/mol. The summed E-state index contributed by atoms with van der Waals surface area (Å²) in [6.45, 7) is 2.07. The number of halogens is 2. The van der Waals surface area contributed by atoms with E-state index < -0.39 is 12.5 Å². The molecule has 2 aromatic rings. The predicted octanol–water partition coefficient (Wildman–Crippen LogP) is 3.68. The van der Waals surface area contributed by atoms with Crippen molar-refractivity contribution in [1.82, 2.24) is 9.78 Å². The van der Waals surface area contributed by atoms with Crippen LogP contribution >= 0.6 is 0 Å². The van der Waals surface area contributed by atoms with Crippen LogP contribution in [-0.4, -0.2) is 16.2 Å². The average molecular weight is 302 g/mol. The first-order valence-electron chi connectivity index (χ1n) is 7.25. The molecule has 1 aromatic carbocycles. The van der Waals surface area contributed by atoms with Gasteiger partial charge in [-0.25, -0.2) is 13.5 Å². The summed E-state index contributed by atoms with van der Waals surface area (Å²) in [6, 6.07) is 8.65. The number of anilines is 1. The molecular weight excluding hydrogens is 286 g/mol. The lowest BCUT2D eigenvalue weighted by atomic mass is 9.96. The summed E-state index contributed by atoms with van der Waals surface area (Å²) in [4.78, 5) is 0. The van der Waals surface area contributed by atoms with Crippen molar-refractivity contribution in [1.29, 1.82) is 5.26 Å². The number of hydrogen-bond donors (Lipinski definition) is 1. The zero-order valence-electron chi connectivity index (χ0n) is 12.1. The van der Waals surface area contributed by atoms with Crippen LogP contribution in [0.2, 0.25) is 0 Å². The Bertz CT molecular complexity index is 700. The van der Waals surface area contributed by atoms with Crippen molar-refractivity contribution >= 4 is 5.82 Å². The number of nitrogens with zero attached hydrogens (tertiary/aromatic N) is 3. The van der Waals surface area contributed by atoms with Crippen molar-refractivity contribution in [2.45, 2.75) is 38.3 Å². The summed E-state index contributed by atoms with van der Waals surface area (Å²) < 4.78 is 27.9. The van der Waals surface area contributed by atoms with E-state index in [2.05, 4.69) is 17.3 Å². The molecule has 114 valence electrons. The van der Waals surface area contributed by atoms with Crippen LogP contribution in [0.4, 0.5) is 14.6 Å². The van der Waals surface area contributed by atoms with E-state index in [1.807, 2.05) is 30.3 Å². The fourth-order valence-electron chi connectivity index (χ4n) is 2.82. The molecule has 0 radical (unpaired) electrons. The molecule has 0 saturated carbocycles. The molecular formula is C16H16F2N4. The highest BCUT2D eigenvalue weighted by atomic mass is 19.3. The molecule has 0 fully saturated rings. The first kappa shape index (κ1) is 14.5. The van der Waals surface area contributed by atoms with E-state index >= 15 is 0 Å². The average Bonchev–Trinajstić information content (AvgIpc) is 2.96. The first-order chi connectivity index (χ1) is 10.6. The van der Waals surface area contributed by atoms with E-state index in [0.29, 0.717) is 11.4 Å². The highest BCUT2D eigenvalue weighted by molar-refractivity contribution is 5.54. The number of aromatic nitrogens is 2. The van der Waals surface area contributed by atoms with Gasteiger partial charge in [-0.1, -0.05) is 31.2 Å². The molecule has 2 atom stereocenters. The third-order valence-electron chi connectivity index (χ3n) is 4.10. The number of nitriles is 1. The largest absolute Gasteiger partial charge is 0.362 e. The van der Waals surface area contributed by atoms with Crippen molar-refractivity contribution in [3.05, 3.63) is 47.2 Å². The van der Waals surface area contributed by atoms with E-state index in [-0.39, 0.29) is 12.5 Å². The number of aryl methyl sites for hydroxylation is 1. The van der Waals surface area contributed by atoms with Gasteiger partial charge in [0.05, 0.1) is 12.2 Å². The molecule has 0 saturated heterocycles. The Kier molecular flexibility index (Phi) is 3.80. The molecule has 1 N–H and O–H groups in total. The molecule has 1 aliphatic heterocycles. The van der Waals surface area contributed by atoms with Crippen LogP contribution in [0.15, 0.2) is 30.5 Å². The van der Waals surface area contributed by atoms with Crippen LogP contribution in [0.5, 0.6) is 0 Å². The second kappa shape index (κ2) is 5.76. The minimum atomic E-state index is -2.52. The Morgan fingerprint density at radius 1 is 1.41 bits per heavy atom. The van der Waals surface area contributed by atoms with Crippen LogP contribution < -0.4 is 5.32 Å². The SMILES string of the molecule is CCc1ccc(C2CC(C(F)F)n3ncc(C#N)c3N2)cc1. The molecule has 0 aliphatic carbocycles. The summed E-state index contributed by atoms with van der Waals surface area (Å²) in [5.74, 6) is 0.378. The summed E-state index contributed by atoms with van der Waals surface area (Å²) in [7, 11) is 0. The van der Waals surface area contributed by atoms with Crippen LogP contribution in [0.1, 0.15) is 42.1 Å². The molecule has 4 nitrogen and oxygen atoms in total. The molecule has 22 heavy (non-hydrogen) atoms. The minimum Gasteiger partial charge on any atom is -0.362 e. The zero-order valence-corrected chi connectivity index (χ0v) is 12.1. The second-order valence-electron chi connectivity index (χ2n) is 5.39. The zero-order chi connectivity index (χ0) is 15.7. The van der Waals surface area contributed by atoms with Gasteiger partial charge in [-0.2, -0.15) is 10.4 Å². The summed E-state index contributed by atoms with van der Waals surface area (Å²) >= 11 is 0. The van der Waals surface area contributed by atoms with Crippen LogP contribution in [0.25, 0.3) is 0 Å². The molecule has 1 aromatic heterocycles. The fourth-order valence-corrected chi connectivity index (χ4v) is 2.82. The first-order valence-corrected chi connectivity index (χ1v) is 7.25. The predicted molar refractivity (Wildman–Crippen MR) is 78.8 cm³/mol. The maximum Gasteiger partial charge on any atom is 0.260 e. The van der Waals surface area contributed by atoms with Crippen molar-refractivity contribution < 1.29 is 8.78 Å². The Morgan fingerprint density at radius 2 is 2.14 bits per heavy atom. The molecule has 0 spiro atoms. The maximum absolute atomic E-state index is 13.3. The highest BCUT2D eigenvalue weighted by Crippen LogP contribution is 2.39. The lowest BCUT2D eigenvalue weighted by Gasteiger charge is -2.32. The highest BCUT2D eigenvalue weighted by Gasteiger charge is 2.35. The van der Waals surface area contributed by atoms with Crippen LogP contribution in [0, 0.1) is 11.3 Å². The number of nitrogens with one attached hydrogen (secondary N) is 1. The van der Waals surface area contributed by atoms with Gasteiger partial charge in [0.25, 0.3) is 6.43 Å². The smallest absolute Gasteiger partial charge is 0.260 e. The van der Waals surface area contributed by atoms with Crippen molar-refractivity contribution in [3.63, 3.8) is 0 Å². The summed E-state index contributed by atoms with van der Waals surface area (Å²) in [5.41, 5.74) is 2.44. The van der Waals surface area contributed by atoms with Gasteiger partial charge in [-0.3, -0.25) is 0 Å². The van der Waals surface area contributed by atoms with E-state index in [4.69, 9.17) is 5.26 Å². The Morgan fingerprint density at radius 3 is 2.73 bits per heavy atom. The number of hydrogen-bond acceptors (Lipinski definition) is 3. The molecule has 0 bridgehead atoms. The van der Waals surface area contributed by atoms with Gasteiger partial charge < -0.3 is 5.32 Å². The molecule has 2 heterocycles. The lowest BCUT2D eigenvalue weighted by molar-refractivity contribution is 0.0658. The third-order valence-corrected chi connectivity index (χ3v) is 4.10. The van der Waals surface area contributed by atoms with Gasteiger partial charge >= 0.3 is 0 Å². The normalized spacial score (nSPS) is 20.3. The molecule has 1 aliphatic rings. The third kappa shape index (κ3) is 2.43. The number of rotatable bonds is 3. The van der Waals surface area contributed by atoms with Crippen LogP contribution in [-0.2, 0) is 6.42 Å². The number of alkyl halides is 2. The Balaban J connectivity index is 1.96. The van der Waals surface area contributed by atoms with Gasteiger partial charge in [0.1, 0.15) is 23.5 Å². The van der Waals surface area contributed by atoms with E-state index in [9.17, 15) is 8.78 Å². The Hall–Kier alpha value is -2.42. The molecule has 0 amide bonds. The number of fused-ring (bicyclic) bond motifs is 1. The summed E-state index contributed by atoms with van der Waals surface area (Å²) in [5, 5.41) is 16.2. The van der Waals surface area contributed by atoms with E-state index in [0.717, 1.165) is 12.0 Å². The van der Waals surface area contributed by atoms with Crippen LogP contribution in [0.3, 0.4) is 0 Å². The molecule has 6 heteroatoms. The fraction of sp³-hybridized carbons (Fsp3) is 0.375. The van der Waals surface area contributed by atoms with E-state index in [1.54, 1.807) is 0 Å². The van der Waals surface area contributed by atoms with Gasteiger partial charge in [-0.05, 0) is 24.0 Å². The lowest BCUT2D eigenvalue weighted by Crippen LogP contribution is -2.31. The van der Waals surface area contributed by atoms with Crippen molar-refractivity contribution in [2.24, 2.45) is 0 Å². The Labute approximate surface area is 127 Å². The van der Waals surface area contributed by atoms with Crippen molar-refractivity contribution in [2.75, 3.05) is 5.32 Å². The second-order valence-corrected chi connectivity index (χ2v) is 5.39. The van der Waals surface area contributed by atoms with Gasteiger partial charge in [0.2, 0.25) is 0 Å². The van der Waals surface area contributed by atoms with E-state index in [1.165, 1.54) is 16.4 Å². The molecule has 2 unspecified atom stereocenters.